The summed E-state index contributed by atoms with van der Waals surface area (Å²) in [5, 5.41) is 11.4. The number of hydrogen-bond donors (Lipinski definition) is 2. The Morgan fingerprint density at radius 3 is 2.72 bits per heavy atom. The van der Waals surface area contributed by atoms with Crippen LogP contribution in [0.3, 0.4) is 0 Å². The van der Waals surface area contributed by atoms with Crippen molar-refractivity contribution in [2.45, 2.75) is 26.2 Å². The zero-order valence-electron chi connectivity index (χ0n) is 19.2. The lowest BCUT2D eigenvalue weighted by molar-refractivity contribution is 0.304. The quantitative estimate of drug-likeness (QED) is 0.377. The van der Waals surface area contributed by atoms with Crippen molar-refractivity contribution in [1.29, 1.82) is 5.41 Å². The van der Waals surface area contributed by atoms with Crippen LogP contribution < -0.4 is 5.32 Å². The Balaban J connectivity index is 1.56. The van der Waals surface area contributed by atoms with Gasteiger partial charge in [-0.15, -0.1) is 0 Å². The number of nitrogens with zero attached hydrogens (tertiary/aromatic N) is 1. The highest BCUT2D eigenvalue weighted by molar-refractivity contribution is 5.88. The van der Waals surface area contributed by atoms with Gasteiger partial charge in [-0.3, -0.25) is 4.90 Å². The third-order valence-electron chi connectivity index (χ3n) is 7.15. The van der Waals surface area contributed by atoms with Crippen LogP contribution in [-0.4, -0.2) is 30.7 Å². The molecular formula is C28H32FN3. The molecule has 1 aliphatic carbocycles. The first-order valence-electron chi connectivity index (χ1n) is 11.3. The molecule has 0 spiro atoms. The molecular weight excluding hydrogens is 397 g/mol. The van der Waals surface area contributed by atoms with E-state index >= 15 is 0 Å². The number of benzene rings is 2. The van der Waals surface area contributed by atoms with Crippen molar-refractivity contribution in [2.24, 2.45) is 11.8 Å². The fourth-order valence-electron chi connectivity index (χ4n) is 5.46. The third kappa shape index (κ3) is 4.07. The van der Waals surface area contributed by atoms with E-state index in [0.29, 0.717) is 11.8 Å². The summed E-state index contributed by atoms with van der Waals surface area (Å²) in [6.07, 6.45) is 9.59. The number of hydrogen-bond acceptors (Lipinski definition) is 3. The van der Waals surface area contributed by atoms with E-state index in [-0.39, 0.29) is 11.2 Å². The molecule has 0 bridgehead atoms. The molecule has 0 aromatic heterocycles. The first-order valence-corrected chi connectivity index (χ1v) is 11.3. The van der Waals surface area contributed by atoms with Crippen LogP contribution in [0.5, 0.6) is 0 Å². The summed E-state index contributed by atoms with van der Waals surface area (Å²) in [5.74, 6) is 1.02. The number of fused-ring (bicyclic) bond motifs is 1. The monoisotopic (exact) mass is 429 g/mol. The minimum Gasteiger partial charge on any atom is -0.355 e. The lowest BCUT2D eigenvalue weighted by Crippen LogP contribution is -2.30. The number of nitrogens with one attached hydrogen (secondary N) is 2. The van der Waals surface area contributed by atoms with Gasteiger partial charge in [-0.25, -0.2) is 4.39 Å². The van der Waals surface area contributed by atoms with Gasteiger partial charge in [-0.2, -0.15) is 0 Å². The second kappa shape index (κ2) is 8.87. The van der Waals surface area contributed by atoms with E-state index in [1.807, 2.05) is 25.2 Å². The van der Waals surface area contributed by atoms with Gasteiger partial charge in [0.25, 0.3) is 0 Å². The first-order chi connectivity index (χ1) is 15.4. The third-order valence-corrected chi connectivity index (χ3v) is 7.15. The normalized spacial score (nSPS) is 24.8. The Morgan fingerprint density at radius 1 is 1.28 bits per heavy atom. The van der Waals surface area contributed by atoms with Crippen LogP contribution in [0, 0.1) is 30.0 Å². The van der Waals surface area contributed by atoms with Crippen LogP contribution in [0.1, 0.15) is 30.5 Å². The predicted octanol–water partition coefficient (Wildman–Crippen LogP) is 6.38. The molecule has 2 N–H and O–H groups in total. The summed E-state index contributed by atoms with van der Waals surface area (Å²) in [5.41, 5.74) is 6.44. The molecule has 32 heavy (non-hydrogen) atoms. The van der Waals surface area contributed by atoms with Gasteiger partial charge in [-0.1, -0.05) is 37.8 Å². The van der Waals surface area contributed by atoms with E-state index < -0.39 is 0 Å². The van der Waals surface area contributed by atoms with Gasteiger partial charge in [-0.05, 0) is 78.8 Å². The van der Waals surface area contributed by atoms with E-state index in [4.69, 9.17) is 5.41 Å². The van der Waals surface area contributed by atoms with Crippen molar-refractivity contribution in [3.05, 3.63) is 95.4 Å². The number of allylic oxidation sites excluding steroid dienone is 3. The molecule has 0 amide bonds. The maximum absolute atomic E-state index is 13.3. The molecule has 3 nitrogen and oxygen atoms in total. The number of anilines is 2. The van der Waals surface area contributed by atoms with Crippen molar-refractivity contribution >= 4 is 17.6 Å². The van der Waals surface area contributed by atoms with Crippen LogP contribution in [0.25, 0.3) is 0 Å². The summed E-state index contributed by atoms with van der Waals surface area (Å²) in [4.78, 5) is 2.52. The van der Waals surface area contributed by atoms with Crippen LogP contribution in [0.2, 0.25) is 0 Å². The Kier molecular flexibility index (Phi) is 6.16. The average molecular weight is 430 g/mol. The van der Waals surface area contributed by atoms with Crippen molar-refractivity contribution in [3.63, 3.8) is 0 Å². The number of rotatable bonds is 8. The molecule has 1 aliphatic heterocycles. The second-order valence-electron chi connectivity index (χ2n) is 9.18. The van der Waals surface area contributed by atoms with Crippen molar-refractivity contribution < 1.29 is 4.39 Å². The highest BCUT2D eigenvalue weighted by Gasteiger charge is 2.67. The van der Waals surface area contributed by atoms with E-state index in [9.17, 15) is 4.39 Å². The zero-order chi connectivity index (χ0) is 22.9. The van der Waals surface area contributed by atoms with Crippen LogP contribution >= 0.6 is 0 Å². The Bertz CT molecular complexity index is 1080. The summed E-state index contributed by atoms with van der Waals surface area (Å²) < 4.78 is 13.3. The van der Waals surface area contributed by atoms with Crippen molar-refractivity contribution in [2.75, 3.05) is 25.0 Å². The van der Waals surface area contributed by atoms with Gasteiger partial charge >= 0.3 is 0 Å². The second-order valence-corrected chi connectivity index (χ2v) is 9.18. The van der Waals surface area contributed by atoms with Gasteiger partial charge in [0.05, 0.1) is 0 Å². The maximum Gasteiger partial charge on any atom is 0.123 e. The molecule has 1 heterocycles. The molecule has 3 atom stereocenters. The number of piperidine rings is 1. The van der Waals surface area contributed by atoms with Gasteiger partial charge in [0, 0.05) is 48.2 Å². The molecule has 1 saturated carbocycles. The van der Waals surface area contributed by atoms with Gasteiger partial charge < -0.3 is 10.7 Å². The van der Waals surface area contributed by atoms with Crippen molar-refractivity contribution in [3.8, 4) is 0 Å². The molecule has 2 unspecified atom stereocenters. The van der Waals surface area contributed by atoms with E-state index in [1.165, 1.54) is 29.5 Å². The van der Waals surface area contributed by atoms with E-state index in [2.05, 4.69) is 48.9 Å². The van der Waals surface area contributed by atoms with Crippen molar-refractivity contribution in [1.82, 2.24) is 4.90 Å². The lowest BCUT2D eigenvalue weighted by Gasteiger charge is -2.25. The molecule has 0 radical (unpaired) electrons. The highest BCUT2D eigenvalue weighted by Crippen LogP contribution is 2.64. The van der Waals surface area contributed by atoms with E-state index in [1.54, 1.807) is 12.1 Å². The van der Waals surface area contributed by atoms with E-state index in [0.717, 1.165) is 42.1 Å². The molecule has 2 aromatic carbocycles. The van der Waals surface area contributed by atoms with Gasteiger partial charge in [0.2, 0.25) is 0 Å². The number of aryl methyl sites for hydroxylation is 1. The summed E-state index contributed by atoms with van der Waals surface area (Å²) >= 11 is 0. The molecule has 4 rings (SSSR count). The standard InChI is InChI=1S/C28H32FN3/c1-5-6-7-8-19(2)16-32-17-26-21(4)28(26,18-32)25-14-22(15-30)27(13-20(25)3)31-24-11-9-23(29)10-12-24/h5-15,21,26,30-31H,2,16-18H2,1,3-4H3/b6-5-,8-7-,30-15?/t21?,26?,28-/m0/s1. The Morgan fingerprint density at radius 2 is 2.03 bits per heavy atom. The van der Waals surface area contributed by atoms with Crippen LogP contribution in [0.4, 0.5) is 15.8 Å². The average Bonchev–Trinajstić information content (AvgIpc) is 3.12. The maximum atomic E-state index is 13.3. The number of halogens is 1. The minimum absolute atomic E-state index is 0.156. The Labute approximate surface area is 190 Å². The SMILES string of the molecule is C=C(/C=C\C=C/C)CN1CC2C(C)[C@]2(c2cc(C=N)c(Nc3ccc(F)cc3)cc2C)C1. The Hall–Kier alpha value is -2.98. The molecule has 166 valence electrons. The van der Waals surface area contributed by atoms with Crippen LogP contribution in [0.15, 0.2) is 72.9 Å². The lowest BCUT2D eigenvalue weighted by atomic mass is 9.87. The molecule has 2 fully saturated rings. The molecule has 4 heteroatoms. The molecule has 1 saturated heterocycles. The largest absolute Gasteiger partial charge is 0.355 e. The van der Waals surface area contributed by atoms with Gasteiger partial charge in [0.15, 0.2) is 0 Å². The zero-order valence-corrected chi connectivity index (χ0v) is 19.2. The fourth-order valence-corrected chi connectivity index (χ4v) is 5.46. The number of likely N-dealkylation sites (tertiary alicyclic amines) is 1. The minimum atomic E-state index is -0.256. The van der Waals surface area contributed by atoms with Gasteiger partial charge in [0.1, 0.15) is 5.82 Å². The summed E-state index contributed by atoms with van der Waals surface area (Å²) in [6, 6.07) is 10.6. The fraction of sp³-hybridized carbons (Fsp3) is 0.321. The molecule has 2 aliphatic rings. The smallest absolute Gasteiger partial charge is 0.123 e. The predicted molar refractivity (Wildman–Crippen MR) is 133 cm³/mol. The topological polar surface area (TPSA) is 39.1 Å². The first kappa shape index (κ1) is 22.2. The van der Waals surface area contributed by atoms with Crippen LogP contribution in [-0.2, 0) is 5.41 Å². The molecule has 2 aromatic rings. The summed E-state index contributed by atoms with van der Waals surface area (Å²) in [7, 11) is 0. The highest BCUT2D eigenvalue weighted by atomic mass is 19.1. The summed E-state index contributed by atoms with van der Waals surface area (Å²) in [6.45, 7) is 13.8.